The molecular formula is C15H17F3N2S. The molecule has 2 rings (SSSR count). The lowest BCUT2D eigenvalue weighted by Gasteiger charge is -2.07. The molecular weight excluding hydrogens is 297 g/mol. The Hall–Kier alpha value is -1.40. The summed E-state index contributed by atoms with van der Waals surface area (Å²) in [6.45, 7) is 2.77. The number of hydrogen-bond donors (Lipinski definition) is 1. The predicted octanol–water partition coefficient (Wildman–Crippen LogP) is 4.03. The smallest absolute Gasteiger partial charge is 0.315 e. The third kappa shape index (κ3) is 4.04. The molecule has 1 N–H and O–H groups in total. The minimum atomic E-state index is -4.30. The summed E-state index contributed by atoms with van der Waals surface area (Å²) in [5.41, 5.74) is 1.05. The molecule has 0 fully saturated rings. The van der Waals surface area contributed by atoms with Crippen LogP contribution in [0.1, 0.15) is 33.6 Å². The SMILES string of the molecule is CCc1nc(Cc2cccc(C(F)(F)F)c2)sc1CNC. The molecule has 114 valence electrons. The standard InChI is InChI=1S/C15H17F3N2S/c1-3-12-13(9-19-2)21-14(20-12)8-10-5-4-6-11(7-10)15(16,17)18/h4-7,19H,3,8-9H2,1-2H3. The Labute approximate surface area is 126 Å². The second-order valence-corrected chi connectivity index (χ2v) is 5.90. The number of rotatable bonds is 5. The van der Waals surface area contributed by atoms with E-state index in [0.717, 1.165) is 34.6 Å². The highest BCUT2D eigenvalue weighted by Gasteiger charge is 2.30. The van der Waals surface area contributed by atoms with Crippen LogP contribution in [0, 0.1) is 0 Å². The number of halogens is 3. The van der Waals surface area contributed by atoms with Crippen LogP contribution in [0.25, 0.3) is 0 Å². The van der Waals surface area contributed by atoms with Crippen molar-refractivity contribution >= 4 is 11.3 Å². The Morgan fingerprint density at radius 1 is 1.29 bits per heavy atom. The van der Waals surface area contributed by atoms with Crippen molar-refractivity contribution in [2.45, 2.75) is 32.5 Å². The van der Waals surface area contributed by atoms with E-state index in [2.05, 4.69) is 10.3 Å². The lowest BCUT2D eigenvalue weighted by molar-refractivity contribution is -0.137. The quantitative estimate of drug-likeness (QED) is 0.901. The Morgan fingerprint density at radius 2 is 2.05 bits per heavy atom. The molecule has 0 amide bonds. The van der Waals surface area contributed by atoms with Crippen LogP contribution in [0.2, 0.25) is 0 Å². The van der Waals surface area contributed by atoms with Crippen LogP contribution < -0.4 is 5.32 Å². The van der Waals surface area contributed by atoms with Crippen LogP contribution >= 0.6 is 11.3 Å². The third-order valence-electron chi connectivity index (χ3n) is 3.10. The summed E-state index contributed by atoms with van der Waals surface area (Å²) in [7, 11) is 1.87. The van der Waals surface area contributed by atoms with Gasteiger partial charge in [0.2, 0.25) is 0 Å². The zero-order valence-electron chi connectivity index (χ0n) is 11.9. The van der Waals surface area contributed by atoms with Gasteiger partial charge in [0.25, 0.3) is 0 Å². The Kier molecular flexibility index (Phi) is 5.00. The summed E-state index contributed by atoms with van der Waals surface area (Å²) in [4.78, 5) is 5.69. The van der Waals surface area contributed by atoms with Crippen LogP contribution in [0.4, 0.5) is 13.2 Å². The van der Waals surface area contributed by atoms with Gasteiger partial charge in [-0.25, -0.2) is 4.98 Å². The maximum atomic E-state index is 12.7. The van der Waals surface area contributed by atoms with Gasteiger partial charge in [-0.1, -0.05) is 25.1 Å². The van der Waals surface area contributed by atoms with E-state index in [1.165, 1.54) is 12.1 Å². The normalized spacial score (nSPS) is 11.9. The van der Waals surface area contributed by atoms with Gasteiger partial charge in [-0.15, -0.1) is 11.3 Å². The largest absolute Gasteiger partial charge is 0.416 e. The number of aryl methyl sites for hydroxylation is 1. The first-order valence-electron chi connectivity index (χ1n) is 6.72. The van der Waals surface area contributed by atoms with Gasteiger partial charge >= 0.3 is 6.18 Å². The van der Waals surface area contributed by atoms with Crippen molar-refractivity contribution in [1.29, 1.82) is 0 Å². The minimum absolute atomic E-state index is 0.436. The van der Waals surface area contributed by atoms with E-state index in [4.69, 9.17) is 0 Å². The van der Waals surface area contributed by atoms with Crippen molar-refractivity contribution in [3.05, 3.63) is 51.0 Å². The summed E-state index contributed by atoms with van der Waals surface area (Å²) in [6.07, 6.45) is -3.04. The molecule has 0 saturated heterocycles. The van der Waals surface area contributed by atoms with Crippen LogP contribution in [-0.4, -0.2) is 12.0 Å². The van der Waals surface area contributed by atoms with Crippen LogP contribution in [-0.2, 0) is 25.6 Å². The number of hydrogen-bond acceptors (Lipinski definition) is 3. The van der Waals surface area contributed by atoms with Gasteiger partial charge in [-0.05, 0) is 25.1 Å². The monoisotopic (exact) mass is 314 g/mol. The highest BCUT2D eigenvalue weighted by molar-refractivity contribution is 7.11. The third-order valence-corrected chi connectivity index (χ3v) is 4.20. The average molecular weight is 314 g/mol. The van der Waals surface area contributed by atoms with E-state index in [-0.39, 0.29) is 0 Å². The minimum Gasteiger partial charge on any atom is -0.315 e. The zero-order chi connectivity index (χ0) is 15.5. The summed E-state index contributed by atoms with van der Waals surface area (Å²) >= 11 is 1.56. The molecule has 0 aliphatic heterocycles. The maximum Gasteiger partial charge on any atom is 0.416 e. The molecule has 1 heterocycles. The fourth-order valence-corrected chi connectivity index (χ4v) is 3.32. The fraction of sp³-hybridized carbons (Fsp3) is 0.400. The van der Waals surface area contributed by atoms with E-state index in [9.17, 15) is 13.2 Å². The van der Waals surface area contributed by atoms with Crippen molar-refractivity contribution < 1.29 is 13.2 Å². The lowest BCUT2D eigenvalue weighted by Crippen LogP contribution is -2.05. The van der Waals surface area contributed by atoms with E-state index < -0.39 is 11.7 Å². The van der Waals surface area contributed by atoms with E-state index >= 15 is 0 Å². The predicted molar refractivity (Wildman–Crippen MR) is 78.5 cm³/mol. The van der Waals surface area contributed by atoms with Crippen molar-refractivity contribution in [1.82, 2.24) is 10.3 Å². The number of nitrogens with zero attached hydrogens (tertiary/aromatic N) is 1. The van der Waals surface area contributed by atoms with Crippen molar-refractivity contribution in [2.75, 3.05) is 7.05 Å². The first-order valence-corrected chi connectivity index (χ1v) is 7.54. The fourth-order valence-electron chi connectivity index (χ4n) is 2.12. The number of nitrogens with one attached hydrogen (secondary N) is 1. The maximum absolute atomic E-state index is 12.7. The molecule has 21 heavy (non-hydrogen) atoms. The first-order chi connectivity index (χ1) is 9.94. The summed E-state index contributed by atoms with van der Waals surface area (Å²) in [5, 5.41) is 3.94. The Bertz CT molecular complexity index is 605. The molecule has 2 aromatic rings. The molecule has 0 spiro atoms. The summed E-state index contributed by atoms with van der Waals surface area (Å²) < 4.78 is 38.1. The molecule has 0 unspecified atom stereocenters. The first kappa shape index (κ1) is 16.0. The van der Waals surface area contributed by atoms with E-state index in [1.807, 2.05) is 14.0 Å². The summed E-state index contributed by atoms with van der Waals surface area (Å²) in [5.74, 6) is 0. The van der Waals surface area contributed by atoms with Gasteiger partial charge in [0, 0.05) is 17.8 Å². The Balaban J connectivity index is 2.22. The van der Waals surface area contributed by atoms with Gasteiger partial charge in [-0.2, -0.15) is 13.2 Å². The molecule has 0 radical (unpaired) electrons. The van der Waals surface area contributed by atoms with Gasteiger partial charge < -0.3 is 5.32 Å². The van der Waals surface area contributed by atoms with E-state index in [1.54, 1.807) is 17.4 Å². The second-order valence-electron chi connectivity index (χ2n) is 4.74. The van der Waals surface area contributed by atoms with Crippen LogP contribution in [0.5, 0.6) is 0 Å². The molecule has 6 heteroatoms. The second kappa shape index (κ2) is 6.58. The van der Waals surface area contributed by atoms with Gasteiger partial charge in [0.15, 0.2) is 0 Å². The molecule has 1 aromatic carbocycles. The molecule has 0 aliphatic rings. The van der Waals surface area contributed by atoms with Crippen molar-refractivity contribution in [3.8, 4) is 0 Å². The van der Waals surface area contributed by atoms with E-state index in [0.29, 0.717) is 12.0 Å². The average Bonchev–Trinajstić information content (AvgIpc) is 2.80. The van der Waals surface area contributed by atoms with Crippen molar-refractivity contribution in [2.24, 2.45) is 0 Å². The lowest BCUT2D eigenvalue weighted by atomic mass is 10.1. The molecule has 0 atom stereocenters. The zero-order valence-corrected chi connectivity index (χ0v) is 12.7. The highest BCUT2D eigenvalue weighted by atomic mass is 32.1. The van der Waals surface area contributed by atoms with Crippen molar-refractivity contribution in [3.63, 3.8) is 0 Å². The van der Waals surface area contributed by atoms with Crippen LogP contribution in [0.15, 0.2) is 24.3 Å². The van der Waals surface area contributed by atoms with Gasteiger partial charge in [-0.3, -0.25) is 0 Å². The van der Waals surface area contributed by atoms with Gasteiger partial charge in [0.1, 0.15) is 0 Å². The topological polar surface area (TPSA) is 24.9 Å². The summed E-state index contributed by atoms with van der Waals surface area (Å²) in [6, 6.07) is 5.45. The highest BCUT2D eigenvalue weighted by Crippen LogP contribution is 2.30. The Morgan fingerprint density at radius 3 is 2.67 bits per heavy atom. The van der Waals surface area contributed by atoms with Gasteiger partial charge in [0.05, 0.1) is 16.3 Å². The molecule has 1 aromatic heterocycles. The van der Waals surface area contributed by atoms with Crippen LogP contribution in [0.3, 0.4) is 0 Å². The molecule has 0 aliphatic carbocycles. The number of thiazole rings is 1. The number of aromatic nitrogens is 1. The molecule has 0 saturated carbocycles. The molecule has 2 nitrogen and oxygen atoms in total. The molecule has 0 bridgehead atoms. The number of benzene rings is 1. The number of alkyl halides is 3.